The summed E-state index contributed by atoms with van der Waals surface area (Å²) in [4.78, 5) is 58.3. The summed E-state index contributed by atoms with van der Waals surface area (Å²) in [7, 11) is -4.03. The van der Waals surface area contributed by atoms with Crippen molar-refractivity contribution in [3.05, 3.63) is 78.1 Å². The number of carbonyl (C=O) groups excluding carboxylic acids is 4. The van der Waals surface area contributed by atoms with Crippen LogP contribution in [0.2, 0.25) is 0 Å². The van der Waals surface area contributed by atoms with Crippen LogP contribution < -0.4 is 22.1 Å². The molecule has 2 aliphatic rings. The van der Waals surface area contributed by atoms with Gasteiger partial charge in [0.25, 0.3) is 0 Å². The van der Waals surface area contributed by atoms with Crippen molar-refractivity contribution in [2.45, 2.75) is 113 Å². The molecule has 55 heavy (non-hydrogen) atoms. The van der Waals surface area contributed by atoms with Crippen molar-refractivity contribution in [3.8, 4) is 0 Å². The summed E-state index contributed by atoms with van der Waals surface area (Å²) in [6.07, 6.45) is 6.17. The quantitative estimate of drug-likeness (QED) is 0.143. The second-order valence-electron chi connectivity index (χ2n) is 15.5. The molecule has 298 valence electrons. The molecule has 2 aromatic carbocycles. The molecule has 0 radical (unpaired) electrons. The third kappa shape index (κ3) is 9.80. The Morgan fingerprint density at radius 3 is 2.35 bits per heavy atom. The molecule has 1 fully saturated rings. The maximum atomic E-state index is 15.6. The maximum Gasteiger partial charge on any atom is 0.249 e. The molecule has 3 aromatic rings. The lowest BCUT2D eigenvalue weighted by Gasteiger charge is -2.46. The number of aliphatic hydroxyl groups is 1. The molecule has 0 spiro atoms. The fourth-order valence-electron chi connectivity index (χ4n) is 8.09. The molecule has 0 saturated heterocycles. The van der Waals surface area contributed by atoms with Crippen LogP contribution in [-0.4, -0.2) is 87.9 Å². The Labute approximate surface area is 323 Å². The van der Waals surface area contributed by atoms with E-state index in [4.69, 9.17) is 11.5 Å². The van der Waals surface area contributed by atoms with Gasteiger partial charge in [0.05, 0.1) is 53.7 Å². The highest BCUT2D eigenvalue weighted by molar-refractivity contribution is 7.91. The normalized spacial score (nSPS) is 19.4. The van der Waals surface area contributed by atoms with Crippen LogP contribution in [0.4, 0.5) is 5.69 Å². The van der Waals surface area contributed by atoms with E-state index in [0.717, 1.165) is 43.9 Å². The van der Waals surface area contributed by atoms with Crippen molar-refractivity contribution in [1.82, 2.24) is 25.3 Å². The highest BCUT2D eigenvalue weighted by atomic mass is 32.2. The molecule has 15 heteroatoms. The SMILES string of the molecule is CC(=O)N(C(=O)[C@@H](N)Cc1ccccc1)[C@@](Cn1cc(N)cn1)(C(=O)N[C@@H](CC1CCCCC1)[C@@H](O)CC(=O)NCC(C)C)C1CS(=O)(=O)c2ccccc21. The molecule has 2 heterocycles. The number of nitrogens with two attached hydrogens (primary N) is 2. The second kappa shape index (κ2) is 17.9. The molecule has 14 nitrogen and oxygen atoms in total. The fraction of sp³-hybridized carbons (Fsp3) is 0.525. The molecule has 4 amide bonds. The molecule has 0 bridgehead atoms. The summed E-state index contributed by atoms with van der Waals surface area (Å²) < 4.78 is 29.1. The molecule has 1 aliphatic heterocycles. The highest BCUT2D eigenvalue weighted by Crippen LogP contribution is 2.46. The van der Waals surface area contributed by atoms with Gasteiger partial charge in [0.1, 0.15) is 0 Å². The van der Waals surface area contributed by atoms with Crippen molar-refractivity contribution < 1.29 is 32.7 Å². The minimum atomic E-state index is -4.03. The third-order valence-electron chi connectivity index (χ3n) is 10.8. The summed E-state index contributed by atoms with van der Waals surface area (Å²) in [5, 5.41) is 21.9. The predicted molar refractivity (Wildman–Crippen MR) is 208 cm³/mol. The van der Waals surface area contributed by atoms with Crippen molar-refractivity contribution in [2.75, 3.05) is 18.0 Å². The number of nitrogen functional groups attached to an aromatic ring is 1. The Morgan fingerprint density at radius 2 is 1.71 bits per heavy atom. The van der Waals surface area contributed by atoms with Crippen LogP contribution in [0, 0.1) is 11.8 Å². The molecular formula is C40H55N7O7S. The number of aliphatic hydroxyl groups excluding tert-OH is 1. The van der Waals surface area contributed by atoms with Crippen LogP contribution in [0.5, 0.6) is 0 Å². The number of nitrogens with zero attached hydrogens (tertiary/aromatic N) is 3. The summed E-state index contributed by atoms with van der Waals surface area (Å²) in [5.41, 5.74) is 11.5. The second-order valence-corrected chi connectivity index (χ2v) is 17.5. The summed E-state index contributed by atoms with van der Waals surface area (Å²) in [6, 6.07) is 12.8. The Bertz CT molecular complexity index is 1930. The maximum absolute atomic E-state index is 15.6. The first-order valence-corrected chi connectivity index (χ1v) is 20.8. The number of nitrogens with one attached hydrogen (secondary N) is 2. The van der Waals surface area contributed by atoms with Gasteiger partial charge in [-0.1, -0.05) is 94.5 Å². The lowest BCUT2D eigenvalue weighted by atomic mass is 9.76. The predicted octanol–water partition coefficient (Wildman–Crippen LogP) is 2.70. The van der Waals surface area contributed by atoms with Gasteiger partial charge in [-0.25, -0.2) is 8.42 Å². The van der Waals surface area contributed by atoms with Gasteiger partial charge in [0, 0.05) is 25.6 Å². The van der Waals surface area contributed by atoms with Gasteiger partial charge in [-0.2, -0.15) is 5.10 Å². The van der Waals surface area contributed by atoms with Crippen molar-refractivity contribution in [3.63, 3.8) is 0 Å². The van der Waals surface area contributed by atoms with Crippen LogP contribution in [0.3, 0.4) is 0 Å². The van der Waals surface area contributed by atoms with Gasteiger partial charge in [-0.15, -0.1) is 0 Å². The van der Waals surface area contributed by atoms with E-state index < -0.39 is 75.4 Å². The molecular weight excluding hydrogens is 723 g/mol. The zero-order valence-corrected chi connectivity index (χ0v) is 32.7. The summed E-state index contributed by atoms with van der Waals surface area (Å²) >= 11 is 0. The smallest absolute Gasteiger partial charge is 0.249 e. The molecule has 5 rings (SSSR count). The largest absolute Gasteiger partial charge is 0.396 e. The Hall–Kier alpha value is -4.60. The molecule has 1 saturated carbocycles. The van der Waals surface area contributed by atoms with E-state index in [1.165, 1.54) is 23.1 Å². The van der Waals surface area contributed by atoms with Crippen LogP contribution in [0.25, 0.3) is 0 Å². The average molecular weight is 778 g/mol. The molecule has 1 aromatic heterocycles. The molecule has 1 aliphatic carbocycles. The number of aromatic nitrogens is 2. The highest BCUT2D eigenvalue weighted by Gasteiger charge is 2.60. The number of carbonyl (C=O) groups is 4. The number of sulfone groups is 1. The first-order valence-electron chi connectivity index (χ1n) is 19.1. The number of hydrogen-bond donors (Lipinski definition) is 5. The monoisotopic (exact) mass is 777 g/mol. The molecule has 7 N–H and O–H groups in total. The van der Waals surface area contributed by atoms with Crippen molar-refractivity contribution in [1.29, 1.82) is 0 Å². The lowest BCUT2D eigenvalue weighted by Crippen LogP contribution is -2.70. The number of amides is 4. The minimum Gasteiger partial charge on any atom is -0.396 e. The summed E-state index contributed by atoms with van der Waals surface area (Å²) in [5.74, 6) is -4.65. The van der Waals surface area contributed by atoms with E-state index in [0.29, 0.717) is 18.5 Å². The van der Waals surface area contributed by atoms with Crippen LogP contribution >= 0.6 is 0 Å². The Kier molecular flexibility index (Phi) is 13.5. The number of rotatable bonds is 16. The number of hydrogen-bond acceptors (Lipinski definition) is 10. The Morgan fingerprint density at radius 1 is 1.04 bits per heavy atom. The van der Waals surface area contributed by atoms with E-state index in [2.05, 4.69) is 15.7 Å². The third-order valence-corrected chi connectivity index (χ3v) is 12.6. The topological polar surface area (TPSA) is 220 Å². The number of fused-ring (bicyclic) bond motifs is 1. The fourth-order valence-corrected chi connectivity index (χ4v) is 10.0. The van der Waals surface area contributed by atoms with Gasteiger partial charge in [0.2, 0.25) is 23.6 Å². The van der Waals surface area contributed by atoms with Gasteiger partial charge in [-0.05, 0) is 41.9 Å². The van der Waals surface area contributed by atoms with Crippen LogP contribution in [0.15, 0.2) is 71.9 Å². The number of anilines is 1. The average Bonchev–Trinajstić information content (AvgIpc) is 3.69. The van der Waals surface area contributed by atoms with Crippen molar-refractivity contribution >= 4 is 39.2 Å². The minimum absolute atomic E-state index is 0.0178. The first kappa shape index (κ1) is 41.6. The number of imide groups is 1. The van der Waals surface area contributed by atoms with E-state index in [-0.39, 0.29) is 40.8 Å². The number of benzene rings is 2. The van der Waals surface area contributed by atoms with E-state index >= 15 is 4.79 Å². The van der Waals surface area contributed by atoms with Crippen LogP contribution in [-0.2, 0) is 42.0 Å². The van der Waals surface area contributed by atoms with E-state index in [1.54, 1.807) is 42.5 Å². The van der Waals surface area contributed by atoms with Crippen LogP contribution in [0.1, 0.15) is 82.8 Å². The van der Waals surface area contributed by atoms with Gasteiger partial charge >= 0.3 is 0 Å². The van der Waals surface area contributed by atoms with Gasteiger partial charge < -0.3 is 27.2 Å². The molecule has 1 unspecified atom stereocenters. The van der Waals surface area contributed by atoms with Crippen molar-refractivity contribution in [2.24, 2.45) is 17.6 Å². The van der Waals surface area contributed by atoms with Gasteiger partial charge in [0.15, 0.2) is 15.4 Å². The van der Waals surface area contributed by atoms with E-state index in [1.807, 2.05) is 19.9 Å². The first-order chi connectivity index (χ1) is 26.1. The summed E-state index contributed by atoms with van der Waals surface area (Å²) in [6.45, 7) is 4.94. The van der Waals surface area contributed by atoms with Gasteiger partial charge in [-0.3, -0.25) is 28.8 Å². The zero-order valence-electron chi connectivity index (χ0n) is 31.9. The van der Waals surface area contributed by atoms with E-state index in [9.17, 15) is 27.9 Å². The molecule has 5 atom stereocenters. The Balaban J connectivity index is 1.67. The zero-order chi connectivity index (χ0) is 39.9. The lowest BCUT2D eigenvalue weighted by molar-refractivity contribution is -0.162. The standard InChI is InChI=1S/C40H55N7O7S/c1-26(2)21-43-37(50)20-35(49)34(19-29-14-8-5-9-15-29)45-39(52)40(25-46-23-30(41)22-44-46,32-24-55(53,54)36-17-11-10-16-31(32)36)47(27(3)48)38(51)33(42)18-28-12-6-4-7-13-28/h4,6-7,10-13,16-17,22-23,26,29,32-35,49H,5,8-9,14-15,18-21,24-25,41-42H2,1-3H3,(H,43,50)(H,45,52)/t32?,33-,34-,35-,40+/m0/s1.